The molecule has 1 nitrogen and oxygen atoms in total. The first-order chi connectivity index (χ1) is 7.65. The minimum Gasteiger partial charge on any atom is -0.398 e. The Labute approximate surface area is 112 Å². The molecular weight excluding hydrogens is 306 g/mol. The van der Waals surface area contributed by atoms with Crippen molar-refractivity contribution < 1.29 is 0 Å². The molecule has 0 aromatic heterocycles. The Kier molecular flexibility index (Phi) is 3.79. The molecule has 0 saturated carbocycles. The molecule has 2 aromatic rings. The van der Waals surface area contributed by atoms with E-state index in [4.69, 9.17) is 17.3 Å². The monoisotopic (exact) mass is 313 g/mol. The van der Waals surface area contributed by atoms with E-state index in [9.17, 15) is 0 Å². The molecule has 0 fully saturated rings. The van der Waals surface area contributed by atoms with Crippen molar-refractivity contribution in [1.29, 1.82) is 0 Å². The third-order valence-corrected chi connectivity index (χ3v) is 3.88. The van der Waals surface area contributed by atoms with Gasteiger partial charge in [-0.1, -0.05) is 39.3 Å². The quantitative estimate of drug-likeness (QED) is 0.803. The molecule has 0 bridgehead atoms. The fourth-order valence-electron chi connectivity index (χ4n) is 1.24. The van der Waals surface area contributed by atoms with Gasteiger partial charge in [-0.15, -0.1) is 0 Å². The van der Waals surface area contributed by atoms with Gasteiger partial charge in [-0.2, -0.15) is 0 Å². The Morgan fingerprint density at radius 3 is 2.38 bits per heavy atom. The summed E-state index contributed by atoms with van der Waals surface area (Å²) in [5, 5.41) is 0.664. The fraction of sp³-hybridized carbons (Fsp3) is 0. The average Bonchev–Trinajstić information content (AvgIpc) is 2.25. The Morgan fingerprint density at radius 1 is 1.06 bits per heavy atom. The lowest BCUT2D eigenvalue weighted by Gasteiger charge is -2.05. The van der Waals surface area contributed by atoms with Gasteiger partial charge < -0.3 is 5.73 Å². The fourth-order valence-corrected chi connectivity index (χ4v) is 2.53. The molecule has 0 heterocycles. The smallest absolute Gasteiger partial charge is 0.0470 e. The van der Waals surface area contributed by atoms with E-state index in [1.165, 1.54) is 0 Å². The van der Waals surface area contributed by atoms with E-state index in [1.807, 2.05) is 36.4 Å². The maximum atomic E-state index is 5.88. The van der Waals surface area contributed by atoms with Gasteiger partial charge in [0.05, 0.1) is 0 Å². The van der Waals surface area contributed by atoms with Gasteiger partial charge in [-0.05, 0) is 42.5 Å². The number of hydrogen-bond donors (Lipinski definition) is 1. The number of nitrogens with two attached hydrogens (primary N) is 1. The zero-order valence-corrected chi connectivity index (χ0v) is 11.4. The Morgan fingerprint density at radius 2 is 1.75 bits per heavy atom. The highest BCUT2D eigenvalue weighted by molar-refractivity contribution is 9.10. The van der Waals surface area contributed by atoms with Gasteiger partial charge in [-0.3, -0.25) is 0 Å². The van der Waals surface area contributed by atoms with Crippen LogP contribution < -0.4 is 5.73 Å². The molecule has 0 aliphatic carbocycles. The zero-order valence-electron chi connectivity index (χ0n) is 8.28. The maximum Gasteiger partial charge on any atom is 0.0470 e. The van der Waals surface area contributed by atoms with E-state index in [0.717, 1.165) is 14.3 Å². The first-order valence-corrected chi connectivity index (χ1v) is 6.62. The van der Waals surface area contributed by atoms with Crippen LogP contribution in [0.2, 0.25) is 5.02 Å². The number of hydrogen-bond acceptors (Lipinski definition) is 2. The Hall–Kier alpha value is -0.640. The van der Waals surface area contributed by atoms with Gasteiger partial charge >= 0.3 is 0 Å². The molecule has 0 spiro atoms. The molecular formula is C12H9BrClNS. The van der Waals surface area contributed by atoms with Gasteiger partial charge in [-0.25, -0.2) is 0 Å². The third-order valence-electron chi connectivity index (χ3n) is 2.01. The highest BCUT2D eigenvalue weighted by Crippen LogP contribution is 2.33. The summed E-state index contributed by atoms with van der Waals surface area (Å²) in [6.07, 6.45) is 0. The van der Waals surface area contributed by atoms with Crippen molar-refractivity contribution in [1.82, 2.24) is 0 Å². The molecule has 0 unspecified atom stereocenters. The summed E-state index contributed by atoms with van der Waals surface area (Å²) in [4.78, 5) is 2.17. The molecule has 0 amide bonds. The number of nitrogen functional groups attached to an aromatic ring is 1. The van der Waals surface area contributed by atoms with Crippen LogP contribution in [0.4, 0.5) is 5.69 Å². The number of halogens is 2. The number of anilines is 1. The van der Waals surface area contributed by atoms with Crippen molar-refractivity contribution in [3.63, 3.8) is 0 Å². The van der Waals surface area contributed by atoms with Crippen LogP contribution in [0.15, 0.2) is 56.7 Å². The largest absolute Gasteiger partial charge is 0.398 e. The second-order valence-corrected chi connectivity index (χ2v) is 5.71. The molecule has 4 heteroatoms. The standard InChI is InChI=1S/C12H9BrClNS/c13-8-1-4-10(5-2-8)16-12-6-3-9(14)7-11(12)15/h1-7H,15H2. The van der Waals surface area contributed by atoms with Gasteiger partial charge in [0, 0.05) is 25.0 Å². The van der Waals surface area contributed by atoms with Crippen molar-refractivity contribution in [2.75, 3.05) is 5.73 Å². The predicted octanol–water partition coefficient (Wildman–Crippen LogP) is 4.84. The SMILES string of the molecule is Nc1cc(Cl)ccc1Sc1ccc(Br)cc1. The van der Waals surface area contributed by atoms with Crippen LogP contribution in [0, 0.1) is 0 Å². The third kappa shape index (κ3) is 2.94. The molecule has 0 atom stereocenters. The summed E-state index contributed by atoms with van der Waals surface area (Å²) < 4.78 is 1.07. The van der Waals surface area contributed by atoms with E-state index >= 15 is 0 Å². The topological polar surface area (TPSA) is 26.0 Å². The van der Waals surface area contributed by atoms with Crippen molar-refractivity contribution in [3.05, 3.63) is 52.0 Å². The average molecular weight is 315 g/mol. The lowest BCUT2D eigenvalue weighted by atomic mass is 10.3. The highest BCUT2D eigenvalue weighted by Gasteiger charge is 2.02. The molecule has 0 aliphatic heterocycles. The maximum absolute atomic E-state index is 5.88. The highest BCUT2D eigenvalue weighted by atomic mass is 79.9. The summed E-state index contributed by atoms with van der Waals surface area (Å²) in [6.45, 7) is 0. The van der Waals surface area contributed by atoms with Crippen molar-refractivity contribution in [3.8, 4) is 0 Å². The van der Waals surface area contributed by atoms with Gasteiger partial charge in [0.1, 0.15) is 0 Å². The summed E-state index contributed by atoms with van der Waals surface area (Å²) in [7, 11) is 0. The van der Waals surface area contributed by atoms with Crippen LogP contribution in [0.3, 0.4) is 0 Å². The van der Waals surface area contributed by atoms with Crippen LogP contribution in [0.25, 0.3) is 0 Å². The van der Waals surface area contributed by atoms with E-state index in [2.05, 4.69) is 15.9 Å². The second kappa shape index (κ2) is 5.13. The van der Waals surface area contributed by atoms with Crippen molar-refractivity contribution in [2.24, 2.45) is 0 Å². The molecule has 82 valence electrons. The minimum absolute atomic E-state index is 0.664. The van der Waals surface area contributed by atoms with E-state index in [-0.39, 0.29) is 0 Å². The number of benzene rings is 2. The van der Waals surface area contributed by atoms with Crippen LogP contribution in [-0.2, 0) is 0 Å². The van der Waals surface area contributed by atoms with Crippen LogP contribution in [0.5, 0.6) is 0 Å². The van der Waals surface area contributed by atoms with Crippen LogP contribution >= 0.6 is 39.3 Å². The Balaban J connectivity index is 2.23. The molecule has 0 aliphatic rings. The predicted molar refractivity (Wildman–Crippen MR) is 74.1 cm³/mol. The van der Waals surface area contributed by atoms with Crippen LogP contribution in [-0.4, -0.2) is 0 Å². The van der Waals surface area contributed by atoms with Crippen molar-refractivity contribution in [2.45, 2.75) is 9.79 Å². The molecule has 2 rings (SSSR count). The van der Waals surface area contributed by atoms with Crippen molar-refractivity contribution >= 4 is 45.0 Å². The first-order valence-electron chi connectivity index (χ1n) is 4.63. The lowest BCUT2D eigenvalue weighted by Crippen LogP contribution is -1.87. The molecule has 2 N–H and O–H groups in total. The summed E-state index contributed by atoms with van der Waals surface area (Å²) in [5.74, 6) is 0. The Bertz CT molecular complexity index is 499. The summed E-state index contributed by atoms with van der Waals surface area (Å²) >= 11 is 10.9. The van der Waals surface area contributed by atoms with Gasteiger partial charge in [0.15, 0.2) is 0 Å². The second-order valence-electron chi connectivity index (χ2n) is 3.24. The first kappa shape index (κ1) is 11.8. The molecule has 0 saturated heterocycles. The number of rotatable bonds is 2. The van der Waals surface area contributed by atoms with E-state index in [1.54, 1.807) is 17.8 Å². The summed E-state index contributed by atoms with van der Waals surface area (Å²) in [5.41, 5.74) is 6.59. The van der Waals surface area contributed by atoms with E-state index in [0.29, 0.717) is 10.7 Å². The van der Waals surface area contributed by atoms with E-state index < -0.39 is 0 Å². The molecule has 16 heavy (non-hydrogen) atoms. The van der Waals surface area contributed by atoms with Gasteiger partial charge in [0.25, 0.3) is 0 Å². The normalized spacial score (nSPS) is 10.4. The lowest BCUT2D eigenvalue weighted by molar-refractivity contribution is 1.40. The zero-order chi connectivity index (χ0) is 11.5. The van der Waals surface area contributed by atoms with Crippen LogP contribution in [0.1, 0.15) is 0 Å². The molecule has 0 radical (unpaired) electrons. The summed E-state index contributed by atoms with van der Waals surface area (Å²) in [6, 6.07) is 13.7. The van der Waals surface area contributed by atoms with Gasteiger partial charge in [0.2, 0.25) is 0 Å². The minimum atomic E-state index is 0.664. The molecule has 2 aromatic carbocycles.